The molecule has 0 aliphatic rings. The first-order valence-electron chi connectivity index (χ1n) is 28.4. The number of unbranched alkanes of at least 4 members (excludes halogenated alkanes) is 21. The maximum Gasteiger partial charge on any atom is 0.306 e. The smallest absolute Gasteiger partial charge is 0.306 e. The van der Waals surface area contributed by atoms with Crippen molar-refractivity contribution in [1.29, 1.82) is 0 Å². The van der Waals surface area contributed by atoms with Gasteiger partial charge in [0.1, 0.15) is 13.2 Å². The predicted octanol–water partition coefficient (Wildman–Crippen LogP) is 19.1. The molecule has 0 saturated carbocycles. The number of carbonyl (C=O) groups excluding carboxylic acids is 3. The summed E-state index contributed by atoms with van der Waals surface area (Å²) in [5.74, 6) is -0.946. The normalized spacial score (nSPS) is 12.9. The van der Waals surface area contributed by atoms with Crippen molar-refractivity contribution in [3.05, 3.63) is 109 Å². The lowest BCUT2D eigenvalue weighted by atomic mass is 10.1. The van der Waals surface area contributed by atoms with Gasteiger partial charge in [0.05, 0.1) is 0 Å². The molecule has 0 bridgehead atoms. The third-order valence-electron chi connectivity index (χ3n) is 11.8. The van der Waals surface area contributed by atoms with Crippen LogP contribution in [0.15, 0.2) is 109 Å². The predicted molar refractivity (Wildman–Crippen MR) is 297 cm³/mol. The van der Waals surface area contributed by atoms with Gasteiger partial charge < -0.3 is 14.2 Å². The highest BCUT2D eigenvalue weighted by atomic mass is 16.6. The van der Waals surface area contributed by atoms with E-state index in [2.05, 4.69) is 130 Å². The summed E-state index contributed by atoms with van der Waals surface area (Å²) >= 11 is 0. The molecule has 6 nitrogen and oxygen atoms in total. The number of hydrogen-bond donors (Lipinski definition) is 0. The van der Waals surface area contributed by atoms with Gasteiger partial charge in [0.15, 0.2) is 6.10 Å². The topological polar surface area (TPSA) is 78.9 Å². The van der Waals surface area contributed by atoms with Crippen LogP contribution < -0.4 is 0 Å². The largest absolute Gasteiger partial charge is 0.462 e. The summed E-state index contributed by atoms with van der Waals surface area (Å²) in [4.78, 5) is 37.8. The van der Waals surface area contributed by atoms with Crippen LogP contribution in [0.2, 0.25) is 0 Å². The van der Waals surface area contributed by atoms with E-state index in [0.717, 1.165) is 128 Å². The summed E-state index contributed by atoms with van der Waals surface area (Å²) in [6, 6.07) is 0. The summed E-state index contributed by atoms with van der Waals surface area (Å²) in [6.45, 7) is 6.40. The maximum absolute atomic E-state index is 12.8. The first-order chi connectivity index (χ1) is 34.0. The van der Waals surface area contributed by atoms with Gasteiger partial charge in [0.25, 0.3) is 0 Å². The highest BCUT2D eigenvalue weighted by Gasteiger charge is 2.19. The second-order valence-corrected chi connectivity index (χ2v) is 18.5. The van der Waals surface area contributed by atoms with Crippen LogP contribution in [-0.2, 0) is 28.6 Å². The highest BCUT2D eigenvalue weighted by molar-refractivity contribution is 5.71. The first kappa shape index (κ1) is 65.1. The summed E-state index contributed by atoms with van der Waals surface area (Å²) in [5.41, 5.74) is 0. The van der Waals surface area contributed by atoms with Gasteiger partial charge in [-0.05, 0) is 109 Å². The Kier molecular flexibility index (Phi) is 53.4. The summed E-state index contributed by atoms with van der Waals surface area (Å²) in [7, 11) is 0. The van der Waals surface area contributed by atoms with Gasteiger partial charge in [-0.2, -0.15) is 0 Å². The molecule has 0 fully saturated rings. The molecule has 0 aromatic carbocycles. The number of rotatable bonds is 50. The quantitative estimate of drug-likeness (QED) is 0.0262. The van der Waals surface area contributed by atoms with Crippen LogP contribution in [0.5, 0.6) is 0 Å². The number of carbonyl (C=O) groups is 3. The Morgan fingerprint density at radius 2 is 0.565 bits per heavy atom. The molecule has 0 aromatic heterocycles. The van der Waals surface area contributed by atoms with Gasteiger partial charge in [0.2, 0.25) is 0 Å². The van der Waals surface area contributed by atoms with Crippen LogP contribution in [0, 0.1) is 0 Å². The molecule has 1 unspecified atom stereocenters. The fourth-order valence-corrected chi connectivity index (χ4v) is 7.51. The molecule has 0 amide bonds. The van der Waals surface area contributed by atoms with Crippen LogP contribution in [0.25, 0.3) is 0 Å². The Bertz CT molecular complexity index is 1420. The second kappa shape index (κ2) is 56.7. The van der Waals surface area contributed by atoms with Crippen molar-refractivity contribution in [3.63, 3.8) is 0 Å². The molecule has 0 rings (SSSR count). The Morgan fingerprint density at radius 1 is 0.304 bits per heavy atom. The van der Waals surface area contributed by atoms with E-state index in [1.54, 1.807) is 0 Å². The van der Waals surface area contributed by atoms with E-state index >= 15 is 0 Å². The number of esters is 3. The van der Waals surface area contributed by atoms with E-state index in [4.69, 9.17) is 14.2 Å². The lowest BCUT2D eigenvalue weighted by Gasteiger charge is -2.18. The Morgan fingerprint density at radius 3 is 0.899 bits per heavy atom. The van der Waals surface area contributed by atoms with Crippen molar-refractivity contribution in [2.75, 3.05) is 13.2 Å². The van der Waals surface area contributed by atoms with E-state index in [-0.39, 0.29) is 31.1 Å². The average molecular weight is 958 g/mol. The number of allylic oxidation sites excluding steroid dienone is 18. The fraction of sp³-hybridized carbons (Fsp3) is 0.667. The molecule has 1 atom stereocenters. The number of ether oxygens (including phenoxy) is 3. The zero-order valence-electron chi connectivity index (χ0n) is 44.8. The third kappa shape index (κ3) is 54.9. The highest BCUT2D eigenvalue weighted by Crippen LogP contribution is 2.14. The van der Waals surface area contributed by atoms with E-state index in [1.807, 2.05) is 0 Å². The van der Waals surface area contributed by atoms with Gasteiger partial charge in [0, 0.05) is 19.3 Å². The molecule has 0 heterocycles. The van der Waals surface area contributed by atoms with Crippen LogP contribution in [0.4, 0.5) is 0 Å². The van der Waals surface area contributed by atoms with Crippen LogP contribution in [0.1, 0.15) is 252 Å². The zero-order chi connectivity index (χ0) is 50.0. The fourth-order valence-electron chi connectivity index (χ4n) is 7.51. The molecular weight excluding hydrogens is 853 g/mol. The molecule has 6 heteroatoms. The second-order valence-electron chi connectivity index (χ2n) is 18.5. The zero-order valence-corrected chi connectivity index (χ0v) is 44.8. The average Bonchev–Trinajstić information content (AvgIpc) is 3.35. The van der Waals surface area contributed by atoms with Crippen LogP contribution in [-0.4, -0.2) is 37.2 Å². The standard InChI is InChI=1S/C63H104O6/c1-4-7-10-13-15-17-19-21-23-25-27-29-30-31-32-34-35-37-39-41-43-45-47-50-53-56-62(65)68-59-60(58-67-61(64)55-52-49-12-9-6-3)69-63(66)57-54-51-48-46-44-42-40-38-36-33-28-26-24-22-20-18-16-14-11-8-5-2/h7,10,15,17,20-23,26-29,31-32,35,37,41,43,60H,4-6,8-9,11-14,16,18-19,24-25,30,33-34,36,38-40,42,44-59H2,1-3H3/b10-7-,17-15-,22-20-,23-21-,28-26-,29-27-,32-31-,37-35-,43-41-. The van der Waals surface area contributed by atoms with Gasteiger partial charge in [-0.15, -0.1) is 0 Å². The Balaban J connectivity index is 4.21. The lowest BCUT2D eigenvalue weighted by Crippen LogP contribution is -2.30. The SMILES string of the molecule is CC/C=C\C/C=C\C/C=C\C/C=C\C/C=C\C/C=C\C/C=C\CCCCCC(=O)OCC(COC(=O)CCCCCCC)OC(=O)CCCCCCCCCCC/C=C\C/C=C\CCCCCCC. The molecule has 0 spiro atoms. The van der Waals surface area contributed by atoms with Gasteiger partial charge in [-0.25, -0.2) is 0 Å². The monoisotopic (exact) mass is 957 g/mol. The molecule has 392 valence electrons. The van der Waals surface area contributed by atoms with Crippen molar-refractivity contribution in [1.82, 2.24) is 0 Å². The first-order valence-corrected chi connectivity index (χ1v) is 28.4. The van der Waals surface area contributed by atoms with Crippen LogP contribution in [0.3, 0.4) is 0 Å². The Labute approximate surface area is 425 Å². The van der Waals surface area contributed by atoms with Crippen molar-refractivity contribution in [2.45, 2.75) is 258 Å². The number of hydrogen-bond acceptors (Lipinski definition) is 6. The minimum Gasteiger partial charge on any atom is -0.462 e. The molecular formula is C63H104O6. The minimum absolute atomic E-state index is 0.0926. The van der Waals surface area contributed by atoms with E-state index in [0.29, 0.717) is 19.3 Å². The molecule has 0 radical (unpaired) electrons. The van der Waals surface area contributed by atoms with Crippen molar-refractivity contribution in [3.8, 4) is 0 Å². The van der Waals surface area contributed by atoms with E-state index in [1.165, 1.54) is 83.5 Å². The summed E-state index contributed by atoms with van der Waals surface area (Å²) < 4.78 is 16.7. The Hall–Kier alpha value is -3.93. The molecule has 0 aromatic rings. The third-order valence-corrected chi connectivity index (χ3v) is 11.8. The molecule has 0 saturated heterocycles. The molecule has 0 aliphatic heterocycles. The van der Waals surface area contributed by atoms with Crippen molar-refractivity contribution in [2.24, 2.45) is 0 Å². The van der Waals surface area contributed by atoms with Crippen molar-refractivity contribution >= 4 is 17.9 Å². The summed E-state index contributed by atoms with van der Waals surface area (Å²) in [6.07, 6.45) is 76.9. The van der Waals surface area contributed by atoms with Crippen LogP contribution >= 0.6 is 0 Å². The van der Waals surface area contributed by atoms with Gasteiger partial charge >= 0.3 is 17.9 Å². The van der Waals surface area contributed by atoms with Gasteiger partial charge in [-0.3, -0.25) is 14.4 Å². The van der Waals surface area contributed by atoms with Crippen molar-refractivity contribution < 1.29 is 28.6 Å². The molecule has 69 heavy (non-hydrogen) atoms. The van der Waals surface area contributed by atoms with E-state index < -0.39 is 6.10 Å². The van der Waals surface area contributed by atoms with Gasteiger partial charge in [-0.1, -0.05) is 233 Å². The lowest BCUT2D eigenvalue weighted by molar-refractivity contribution is -0.167. The molecule has 0 N–H and O–H groups in total. The molecule has 0 aliphatic carbocycles. The minimum atomic E-state index is -0.793. The summed E-state index contributed by atoms with van der Waals surface area (Å²) in [5, 5.41) is 0. The van der Waals surface area contributed by atoms with E-state index in [9.17, 15) is 14.4 Å². The maximum atomic E-state index is 12.8.